The summed E-state index contributed by atoms with van der Waals surface area (Å²) in [5.74, 6) is 0.260. The molecule has 0 saturated carbocycles. The van der Waals surface area contributed by atoms with Crippen molar-refractivity contribution in [3.63, 3.8) is 0 Å². The van der Waals surface area contributed by atoms with Crippen molar-refractivity contribution in [1.29, 1.82) is 0 Å². The summed E-state index contributed by atoms with van der Waals surface area (Å²) >= 11 is 0. The molecule has 6 nitrogen and oxygen atoms in total. The van der Waals surface area contributed by atoms with Crippen LogP contribution in [0.4, 0.5) is 5.69 Å². The predicted octanol–water partition coefficient (Wildman–Crippen LogP) is 1.91. The Labute approximate surface area is 90.3 Å². The highest BCUT2D eigenvalue weighted by atomic mass is 16.6. The van der Waals surface area contributed by atoms with E-state index in [-0.39, 0.29) is 11.4 Å². The van der Waals surface area contributed by atoms with E-state index in [1.54, 1.807) is 12.1 Å². The first-order valence-electron chi connectivity index (χ1n) is 4.47. The van der Waals surface area contributed by atoms with Crippen LogP contribution in [0.5, 0.6) is 5.75 Å². The van der Waals surface area contributed by atoms with Crippen LogP contribution in [0.3, 0.4) is 0 Å². The van der Waals surface area contributed by atoms with Gasteiger partial charge in [-0.3, -0.25) is 15.1 Å². The lowest BCUT2D eigenvalue weighted by Crippen LogP contribution is -1.97. The van der Waals surface area contributed by atoms with Crippen LogP contribution in [0, 0.1) is 10.1 Å². The minimum atomic E-state index is -0.747. The lowest BCUT2D eigenvalue weighted by molar-refractivity contribution is -0.383. The Morgan fingerprint density at radius 2 is 2.19 bits per heavy atom. The van der Waals surface area contributed by atoms with E-state index in [0.717, 1.165) is 0 Å². The summed E-state index contributed by atoms with van der Waals surface area (Å²) in [6.07, 6.45) is 1.49. The van der Waals surface area contributed by atoms with E-state index in [0.29, 0.717) is 10.9 Å². The van der Waals surface area contributed by atoms with Crippen LogP contribution in [0.1, 0.15) is 0 Å². The van der Waals surface area contributed by atoms with E-state index in [1.807, 2.05) is 0 Å². The highest BCUT2D eigenvalue weighted by molar-refractivity contribution is 5.92. The van der Waals surface area contributed by atoms with E-state index in [1.165, 1.54) is 18.3 Å². The van der Waals surface area contributed by atoms with Crippen LogP contribution in [0.25, 0.3) is 10.9 Å². The molecule has 1 heterocycles. The Balaban J connectivity index is 2.71. The standard InChI is InChI=1S/C10H7N2O4/c13-6-16-9-4-3-8(12(14)15)7-2-1-5-11-10(7)9/h1-5H,6H2. The fraction of sp³-hybridized carbons (Fsp3) is 0.100. The van der Waals surface area contributed by atoms with Crippen molar-refractivity contribution in [3.05, 3.63) is 40.6 Å². The molecule has 0 N–H and O–H groups in total. The molecule has 0 aliphatic rings. The first-order chi connectivity index (χ1) is 7.74. The van der Waals surface area contributed by atoms with Crippen molar-refractivity contribution in [2.24, 2.45) is 0 Å². The van der Waals surface area contributed by atoms with E-state index < -0.39 is 11.7 Å². The van der Waals surface area contributed by atoms with Gasteiger partial charge in [0.25, 0.3) is 5.69 Å². The Kier molecular flexibility index (Phi) is 2.65. The van der Waals surface area contributed by atoms with Crippen molar-refractivity contribution in [3.8, 4) is 5.75 Å². The van der Waals surface area contributed by atoms with Crippen LogP contribution in [0.2, 0.25) is 0 Å². The molecular weight excluding hydrogens is 212 g/mol. The fourth-order valence-corrected chi connectivity index (χ4v) is 1.47. The number of hydrogen-bond donors (Lipinski definition) is 0. The number of nitro groups is 1. The fourth-order valence-electron chi connectivity index (χ4n) is 1.47. The highest BCUT2D eigenvalue weighted by Crippen LogP contribution is 2.30. The summed E-state index contributed by atoms with van der Waals surface area (Å²) in [6.45, 7) is -0.747. The number of nitro benzene ring substituents is 1. The van der Waals surface area contributed by atoms with E-state index in [2.05, 4.69) is 4.98 Å². The summed E-state index contributed by atoms with van der Waals surface area (Å²) in [5, 5.41) is 21.5. The smallest absolute Gasteiger partial charge is 0.279 e. The predicted molar refractivity (Wildman–Crippen MR) is 54.6 cm³/mol. The largest absolute Gasteiger partial charge is 0.462 e. The molecule has 0 atom stereocenters. The van der Waals surface area contributed by atoms with Crippen LogP contribution in [-0.4, -0.2) is 16.7 Å². The molecule has 0 unspecified atom stereocenters. The van der Waals surface area contributed by atoms with Crippen molar-refractivity contribution < 1.29 is 14.8 Å². The second kappa shape index (κ2) is 4.11. The maximum absolute atomic E-state index is 10.8. The van der Waals surface area contributed by atoms with Crippen molar-refractivity contribution in [2.45, 2.75) is 0 Å². The minimum Gasteiger partial charge on any atom is -0.462 e. The SMILES string of the molecule is [O]COc1ccc([N+](=O)[O-])c2cccnc12. The Bertz CT molecular complexity index is 541. The van der Waals surface area contributed by atoms with Gasteiger partial charge in [0.1, 0.15) is 11.3 Å². The number of aromatic nitrogens is 1. The maximum Gasteiger partial charge on any atom is 0.279 e. The zero-order chi connectivity index (χ0) is 11.5. The third-order valence-corrected chi connectivity index (χ3v) is 2.12. The van der Waals surface area contributed by atoms with Crippen LogP contribution in [-0.2, 0) is 5.11 Å². The van der Waals surface area contributed by atoms with Gasteiger partial charge in [-0.05, 0) is 18.2 Å². The third-order valence-electron chi connectivity index (χ3n) is 2.12. The van der Waals surface area contributed by atoms with Gasteiger partial charge in [-0.25, -0.2) is 0 Å². The average molecular weight is 219 g/mol. The second-order valence-electron chi connectivity index (χ2n) is 3.00. The van der Waals surface area contributed by atoms with Crippen LogP contribution in [0.15, 0.2) is 30.5 Å². The van der Waals surface area contributed by atoms with Gasteiger partial charge in [0.2, 0.25) is 6.79 Å². The molecular formula is C10H7N2O4. The van der Waals surface area contributed by atoms with Gasteiger partial charge in [-0.1, -0.05) is 0 Å². The molecule has 16 heavy (non-hydrogen) atoms. The summed E-state index contributed by atoms with van der Waals surface area (Å²) in [5.41, 5.74) is 0.272. The summed E-state index contributed by atoms with van der Waals surface area (Å²) < 4.78 is 4.81. The van der Waals surface area contributed by atoms with E-state index in [9.17, 15) is 15.2 Å². The number of ether oxygens (including phenoxy) is 1. The van der Waals surface area contributed by atoms with Crippen molar-refractivity contribution in [1.82, 2.24) is 4.98 Å². The van der Waals surface area contributed by atoms with Gasteiger partial charge in [0.15, 0.2) is 0 Å². The number of hydrogen-bond acceptors (Lipinski definition) is 4. The lowest BCUT2D eigenvalue weighted by Gasteiger charge is -2.05. The number of pyridine rings is 1. The normalized spacial score (nSPS) is 10.3. The molecule has 2 aromatic rings. The Morgan fingerprint density at radius 3 is 2.88 bits per heavy atom. The van der Waals surface area contributed by atoms with E-state index >= 15 is 0 Å². The van der Waals surface area contributed by atoms with Crippen molar-refractivity contribution in [2.75, 3.05) is 6.79 Å². The Hall–Kier alpha value is -2.21. The number of non-ortho nitro benzene ring substituents is 1. The number of benzene rings is 1. The molecule has 6 heteroatoms. The topological polar surface area (TPSA) is 85.2 Å². The highest BCUT2D eigenvalue weighted by Gasteiger charge is 2.15. The van der Waals surface area contributed by atoms with Gasteiger partial charge >= 0.3 is 0 Å². The minimum absolute atomic E-state index is 0.0543. The lowest BCUT2D eigenvalue weighted by atomic mass is 10.1. The quantitative estimate of drug-likeness (QED) is 0.448. The molecule has 0 fully saturated rings. The number of nitrogens with zero attached hydrogens (tertiary/aromatic N) is 2. The van der Waals surface area contributed by atoms with Gasteiger partial charge in [0.05, 0.1) is 10.3 Å². The molecule has 0 aliphatic carbocycles. The second-order valence-corrected chi connectivity index (χ2v) is 3.00. The van der Waals surface area contributed by atoms with Gasteiger partial charge in [-0.2, -0.15) is 5.11 Å². The summed E-state index contributed by atoms with van der Waals surface area (Å²) in [7, 11) is 0. The van der Waals surface area contributed by atoms with E-state index in [4.69, 9.17) is 4.74 Å². The van der Waals surface area contributed by atoms with Gasteiger partial charge < -0.3 is 4.74 Å². The maximum atomic E-state index is 10.8. The molecule has 1 aromatic heterocycles. The molecule has 1 radical (unpaired) electrons. The molecule has 0 saturated heterocycles. The number of rotatable bonds is 3. The molecule has 0 spiro atoms. The van der Waals surface area contributed by atoms with Crippen molar-refractivity contribution >= 4 is 16.6 Å². The molecule has 0 bridgehead atoms. The monoisotopic (exact) mass is 219 g/mol. The zero-order valence-electron chi connectivity index (χ0n) is 8.12. The zero-order valence-corrected chi connectivity index (χ0v) is 8.12. The van der Waals surface area contributed by atoms with Crippen LogP contribution >= 0.6 is 0 Å². The first-order valence-corrected chi connectivity index (χ1v) is 4.47. The number of fused-ring (bicyclic) bond motifs is 1. The van der Waals surface area contributed by atoms with Gasteiger partial charge in [0, 0.05) is 12.3 Å². The molecule has 81 valence electrons. The first kappa shape index (κ1) is 10.3. The van der Waals surface area contributed by atoms with Gasteiger partial charge in [-0.15, -0.1) is 0 Å². The molecule has 0 aliphatic heterocycles. The summed E-state index contributed by atoms with van der Waals surface area (Å²) in [4.78, 5) is 14.2. The summed E-state index contributed by atoms with van der Waals surface area (Å²) in [6, 6.07) is 5.84. The Morgan fingerprint density at radius 1 is 1.38 bits per heavy atom. The molecule has 1 aromatic carbocycles. The third kappa shape index (κ3) is 1.66. The molecule has 0 amide bonds. The van der Waals surface area contributed by atoms with Crippen LogP contribution < -0.4 is 4.74 Å². The molecule has 2 rings (SSSR count). The average Bonchev–Trinajstić information content (AvgIpc) is 2.29.